The van der Waals surface area contributed by atoms with Gasteiger partial charge in [0.05, 0.1) is 37.3 Å². The van der Waals surface area contributed by atoms with E-state index in [4.69, 9.17) is 14.5 Å². The molecule has 0 saturated carbocycles. The first-order valence-electron chi connectivity index (χ1n) is 11.3. The number of esters is 1. The number of carbonyl (C=O) groups excluding carboxylic acids is 2. The number of anilines is 1. The van der Waals surface area contributed by atoms with Gasteiger partial charge in [-0.25, -0.2) is 4.98 Å². The van der Waals surface area contributed by atoms with Crippen LogP contribution in [0.25, 0.3) is 11.0 Å². The zero-order valence-corrected chi connectivity index (χ0v) is 19.0. The SMILES string of the molecule is CCOC(=O)[C@H]1C(=O)N(Cc2ccccc2)c2nc3ccccc3n2[C@@H]1c1ccccc1OC. The summed E-state index contributed by atoms with van der Waals surface area (Å²) >= 11 is 0. The predicted molar refractivity (Wildman–Crippen MR) is 129 cm³/mol. The molecule has 1 aliphatic heterocycles. The van der Waals surface area contributed by atoms with Gasteiger partial charge in [0.2, 0.25) is 11.9 Å². The second kappa shape index (κ2) is 9.02. The molecule has 5 rings (SSSR count). The molecule has 0 radical (unpaired) electrons. The molecule has 0 aliphatic carbocycles. The Morgan fingerprint density at radius 1 is 0.971 bits per heavy atom. The Morgan fingerprint density at radius 2 is 1.68 bits per heavy atom. The quantitative estimate of drug-likeness (QED) is 0.319. The van der Waals surface area contributed by atoms with Crippen LogP contribution < -0.4 is 9.64 Å². The van der Waals surface area contributed by atoms with E-state index in [0.717, 1.165) is 22.2 Å². The molecule has 172 valence electrons. The summed E-state index contributed by atoms with van der Waals surface area (Å²) in [5.74, 6) is -0.919. The number of para-hydroxylation sites is 3. The highest BCUT2D eigenvalue weighted by Gasteiger charge is 2.48. The topological polar surface area (TPSA) is 73.7 Å². The highest BCUT2D eigenvalue weighted by Crippen LogP contribution is 2.44. The molecule has 0 saturated heterocycles. The average molecular weight is 456 g/mol. The third kappa shape index (κ3) is 3.59. The molecule has 1 amide bonds. The zero-order valence-electron chi connectivity index (χ0n) is 19.0. The van der Waals surface area contributed by atoms with Gasteiger partial charge in [-0.15, -0.1) is 0 Å². The van der Waals surface area contributed by atoms with Gasteiger partial charge in [0.15, 0.2) is 5.92 Å². The van der Waals surface area contributed by atoms with Crippen molar-refractivity contribution in [2.75, 3.05) is 18.6 Å². The minimum atomic E-state index is -1.09. The van der Waals surface area contributed by atoms with Crippen molar-refractivity contribution in [2.45, 2.75) is 19.5 Å². The van der Waals surface area contributed by atoms with Gasteiger partial charge in [0.1, 0.15) is 5.75 Å². The summed E-state index contributed by atoms with van der Waals surface area (Å²) in [7, 11) is 1.58. The molecular formula is C27H25N3O4. The Balaban J connectivity index is 1.78. The van der Waals surface area contributed by atoms with E-state index in [1.165, 1.54) is 0 Å². The molecule has 0 spiro atoms. The van der Waals surface area contributed by atoms with E-state index in [-0.39, 0.29) is 19.1 Å². The normalized spacial score (nSPS) is 17.5. The number of methoxy groups -OCH3 is 1. The fraction of sp³-hybridized carbons (Fsp3) is 0.222. The number of hydrogen-bond acceptors (Lipinski definition) is 5. The number of imidazole rings is 1. The molecule has 3 aromatic carbocycles. The summed E-state index contributed by atoms with van der Waals surface area (Å²) < 4.78 is 13.0. The number of benzene rings is 3. The van der Waals surface area contributed by atoms with Gasteiger partial charge < -0.3 is 14.0 Å². The van der Waals surface area contributed by atoms with Crippen LogP contribution in [0.5, 0.6) is 5.75 Å². The lowest BCUT2D eigenvalue weighted by Gasteiger charge is -2.38. The Hall–Kier alpha value is -4.13. The summed E-state index contributed by atoms with van der Waals surface area (Å²) in [5.41, 5.74) is 3.23. The molecule has 2 atom stereocenters. The lowest BCUT2D eigenvalue weighted by atomic mass is 9.88. The van der Waals surface area contributed by atoms with E-state index in [0.29, 0.717) is 11.7 Å². The maximum Gasteiger partial charge on any atom is 0.321 e. The van der Waals surface area contributed by atoms with Crippen LogP contribution in [0.15, 0.2) is 78.9 Å². The number of rotatable bonds is 6. The summed E-state index contributed by atoms with van der Waals surface area (Å²) in [6, 6.07) is 24.1. The molecule has 34 heavy (non-hydrogen) atoms. The summed E-state index contributed by atoms with van der Waals surface area (Å²) in [6.07, 6.45) is 0. The first-order chi connectivity index (χ1) is 16.6. The van der Waals surface area contributed by atoms with Gasteiger partial charge in [0.25, 0.3) is 0 Å². The molecule has 4 aromatic rings. The number of hydrogen-bond donors (Lipinski definition) is 0. The molecule has 7 nitrogen and oxygen atoms in total. The minimum absolute atomic E-state index is 0.178. The predicted octanol–water partition coefficient (Wildman–Crippen LogP) is 4.36. The zero-order chi connectivity index (χ0) is 23.7. The third-order valence-electron chi connectivity index (χ3n) is 6.13. The Bertz CT molecular complexity index is 1350. The van der Waals surface area contributed by atoms with E-state index < -0.39 is 17.9 Å². The first-order valence-corrected chi connectivity index (χ1v) is 11.3. The lowest BCUT2D eigenvalue weighted by molar-refractivity contribution is -0.153. The third-order valence-corrected chi connectivity index (χ3v) is 6.13. The van der Waals surface area contributed by atoms with Crippen molar-refractivity contribution in [3.05, 3.63) is 90.0 Å². The van der Waals surface area contributed by atoms with Crippen molar-refractivity contribution >= 4 is 28.9 Å². The van der Waals surface area contributed by atoms with Crippen LogP contribution in [0.4, 0.5) is 5.95 Å². The van der Waals surface area contributed by atoms with Crippen molar-refractivity contribution in [1.29, 1.82) is 0 Å². The molecule has 2 heterocycles. The Morgan fingerprint density at radius 3 is 2.44 bits per heavy atom. The van der Waals surface area contributed by atoms with Crippen molar-refractivity contribution in [1.82, 2.24) is 9.55 Å². The van der Waals surface area contributed by atoms with E-state index in [9.17, 15) is 9.59 Å². The maximum atomic E-state index is 14.0. The molecule has 1 aliphatic rings. The van der Waals surface area contributed by atoms with Crippen molar-refractivity contribution in [3.63, 3.8) is 0 Å². The Labute approximate surface area is 197 Å². The number of nitrogens with zero attached hydrogens (tertiary/aromatic N) is 3. The van der Waals surface area contributed by atoms with Gasteiger partial charge >= 0.3 is 5.97 Å². The fourth-order valence-corrected chi connectivity index (χ4v) is 4.65. The smallest absolute Gasteiger partial charge is 0.321 e. The van der Waals surface area contributed by atoms with Gasteiger partial charge in [-0.1, -0.05) is 60.7 Å². The highest BCUT2D eigenvalue weighted by molar-refractivity contribution is 6.08. The van der Waals surface area contributed by atoms with Crippen LogP contribution in [-0.2, 0) is 20.9 Å². The maximum absolute atomic E-state index is 14.0. The standard InChI is InChI=1S/C27H25N3O4/c1-3-34-26(32)23-24(19-13-7-10-16-22(19)33-2)30-21-15-9-8-14-20(21)28-27(30)29(25(23)31)17-18-11-5-4-6-12-18/h4-16,23-24H,3,17H2,1-2H3/t23-,24-/m1/s1. The molecule has 1 aromatic heterocycles. The van der Waals surface area contributed by atoms with Crippen molar-refractivity contribution in [2.24, 2.45) is 5.92 Å². The van der Waals surface area contributed by atoms with E-state index in [2.05, 4.69) is 0 Å². The number of carbonyl (C=O) groups is 2. The van der Waals surface area contributed by atoms with Gasteiger partial charge in [-0.2, -0.15) is 0 Å². The van der Waals surface area contributed by atoms with Crippen LogP contribution in [0, 0.1) is 5.92 Å². The second-order valence-corrected chi connectivity index (χ2v) is 8.10. The molecule has 0 unspecified atom stereocenters. The van der Waals surface area contributed by atoms with Gasteiger partial charge in [0, 0.05) is 5.56 Å². The molecule has 0 bridgehead atoms. The molecule has 7 heteroatoms. The second-order valence-electron chi connectivity index (χ2n) is 8.10. The van der Waals surface area contributed by atoms with Crippen LogP contribution in [-0.4, -0.2) is 35.1 Å². The number of ether oxygens (including phenoxy) is 2. The van der Waals surface area contributed by atoms with E-state index in [1.807, 2.05) is 83.4 Å². The number of amides is 1. The van der Waals surface area contributed by atoms with Crippen LogP contribution in [0.3, 0.4) is 0 Å². The van der Waals surface area contributed by atoms with E-state index >= 15 is 0 Å². The highest BCUT2D eigenvalue weighted by atomic mass is 16.5. The Kier molecular flexibility index (Phi) is 5.76. The van der Waals surface area contributed by atoms with Crippen LogP contribution in [0.2, 0.25) is 0 Å². The van der Waals surface area contributed by atoms with Gasteiger partial charge in [-0.05, 0) is 30.7 Å². The van der Waals surface area contributed by atoms with Gasteiger partial charge in [-0.3, -0.25) is 14.5 Å². The van der Waals surface area contributed by atoms with Crippen molar-refractivity contribution in [3.8, 4) is 5.75 Å². The molecular weight excluding hydrogens is 430 g/mol. The van der Waals surface area contributed by atoms with Crippen molar-refractivity contribution < 1.29 is 19.1 Å². The fourth-order valence-electron chi connectivity index (χ4n) is 4.65. The van der Waals surface area contributed by atoms with Crippen LogP contribution in [0.1, 0.15) is 24.1 Å². The summed E-state index contributed by atoms with van der Waals surface area (Å²) in [5, 5.41) is 0. The number of fused-ring (bicyclic) bond motifs is 3. The van der Waals surface area contributed by atoms with E-state index in [1.54, 1.807) is 18.9 Å². The molecule has 0 N–H and O–H groups in total. The summed E-state index contributed by atoms with van der Waals surface area (Å²) in [4.78, 5) is 33.7. The molecule has 0 fully saturated rings. The monoisotopic (exact) mass is 455 g/mol. The number of aromatic nitrogens is 2. The lowest BCUT2D eigenvalue weighted by Crippen LogP contribution is -2.49. The minimum Gasteiger partial charge on any atom is -0.496 e. The first kappa shape index (κ1) is 21.7. The average Bonchev–Trinajstić information content (AvgIpc) is 3.25. The van der Waals surface area contributed by atoms with Crippen LogP contribution >= 0.6 is 0 Å². The largest absolute Gasteiger partial charge is 0.496 e. The summed E-state index contributed by atoms with van der Waals surface area (Å²) in [6.45, 7) is 2.21.